The van der Waals surface area contributed by atoms with E-state index in [1.807, 2.05) is 49.0 Å². The molecular formula is C21H57N3O9Si3. The minimum atomic E-state index is -3.76. The van der Waals surface area contributed by atoms with Crippen molar-refractivity contribution in [3.05, 3.63) is 0 Å². The van der Waals surface area contributed by atoms with E-state index in [1.165, 1.54) is 0 Å². The van der Waals surface area contributed by atoms with Gasteiger partial charge in [0, 0.05) is 78.9 Å². The van der Waals surface area contributed by atoms with Gasteiger partial charge in [-0.1, -0.05) is 0 Å². The summed E-state index contributed by atoms with van der Waals surface area (Å²) in [7, 11) is 8.15. The van der Waals surface area contributed by atoms with E-state index < -0.39 is 26.4 Å². The third-order valence-corrected chi connectivity index (χ3v) is 11.3. The summed E-state index contributed by atoms with van der Waals surface area (Å²) in [4.78, 5) is 31.5. The van der Waals surface area contributed by atoms with Crippen LogP contribution in [0.15, 0.2) is 0 Å². The standard InChI is InChI=1S/C10H25NO3Si.C7H19NO3Si.C4H13NO3Si/c1-6-12-15(13-7-2,14-8-3)10-9-11(4)5;1-8(2)6-7-12(9-3,10-4)11-5;1-5(2)3-4-9(6,7)8/h6-10H2,1-5H3;6-7H2,1-5H3;6-8H,3-4H2,1-2H3. The molecule has 0 radical (unpaired) electrons. The van der Waals surface area contributed by atoms with Crippen molar-refractivity contribution in [1.82, 2.24) is 14.7 Å². The highest BCUT2D eigenvalue weighted by Crippen LogP contribution is 2.16. The van der Waals surface area contributed by atoms with Crippen LogP contribution in [0.1, 0.15) is 20.8 Å². The number of hydrogen-bond donors (Lipinski definition) is 3. The third-order valence-electron chi connectivity index (χ3n) is 4.65. The molecule has 222 valence electrons. The monoisotopic (exact) mass is 579 g/mol. The van der Waals surface area contributed by atoms with Crippen molar-refractivity contribution >= 4 is 26.4 Å². The molecular weight excluding hydrogens is 523 g/mol. The summed E-state index contributed by atoms with van der Waals surface area (Å²) in [6.07, 6.45) is 0. The lowest BCUT2D eigenvalue weighted by Gasteiger charge is -2.29. The molecule has 0 atom stereocenters. The highest BCUT2D eigenvalue weighted by Gasteiger charge is 2.40. The molecule has 0 saturated carbocycles. The Hall–Kier alpha value is 0.171. The van der Waals surface area contributed by atoms with E-state index in [0.717, 1.165) is 25.2 Å². The Balaban J connectivity index is -0.000000469. The van der Waals surface area contributed by atoms with Crippen LogP contribution >= 0.6 is 0 Å². The molecule has 12 nitrogen and oxygen atoms in total. The van der Waals surface area contributed by atoms with Crippen LogP contribution in [0.3, 0.4) is 0 Å². The molecule has 0 saturated heterocycles. The molecule has 36 heavy (non-hydrogen) atoms. The summed E-state index contributed by atoms with van der Waals surface area (Å²) in [5.41, 5.74) is 0. The van der Waals surface area contributed by atoms with Crippen molar-refractivity contribution in [3.8, 4) is 0 Å². The van der Waals surface area contributed by atoms with Gasteiger partial charge in [0.05, 0.1) is 0 Å². The third kappa shape index (κ3) is 24.5. The zero-order chi connectivity index (χ0) is 28.8. The SMILES string of the molecule is CCO[Si](CCN(C)C)(OCC)OCC.CN(C)CC[Si](O)(O)O.CO[Si](CCN(C)C)(OC)OC. The number of nitrogens with zero attached hydrogens (tertiary/aromatic N) is 3. The predicted molar refractivity (Wildman–Crippen MR) is 150 cm³/mol. The summed E-state index contributed by atoms with van der Waals surface area (Å²) in [6, 6.07) is 1.76. The van der Waals surface area contributed by atoms with Gasteiger partial charge in [0.2, 0.25) is 0 Å². The Bertz CT molecular complexity index is 460. The van der Waals surface area contributed by atoms with Crippen LogP contribution in [0.25, 0.3) is 0 Å². The molecule has 0 heterocycles. The van der Waals surface area contributed by atoms with Crippen LogP contribution in [0, 0.1) is 0 Å². The van der Waals surface area contributed by atoms with Crippen LogP contribution in [0.4, 0.5) is 0 Å². The first-order valence-electron chi connectivity index (χ1n) is 12.3. The van der Waals surface area contributed by atoms with Gasteiger partial charge in [-0.05, 0) is 63.1 Å². The molecule has 0 aromatic rings. The van der Waals surface area contributed by atoms with Gasteiger partial charge in [0.1, 0.15) is 0 Å². The fourth-order valence-electron chi connectivity index (χ4n) is 2.65. The molecule has 0 fully saturated rings. The maximum absolute atomic E-state index is 8.49. The van der Waals surface area contributed by atoms with Crippen LogP contribution in [0.5, 0.6) is 0 Å². The zero-order valence-electron chi connectivity index (χ0n) is 25.0. The smallest absolute Gasteiger partial charge is 0.390 e. The number of rotatable bonds is 18. The second kappa shape index (κ2) is 23.1. The first kappa shape index (κ1) is 40.7. The van der Waals surface area contributed by atoms with E-state index in [1.54, 1.807) is 40.3 Å². The van der Waals surface area contributed by atoms with Gasteiger partial charge in [0.25, 0.3) is 0 Å². The molecule has 0 rings (SSSR count). The summed E-state index contributed by atoms with van der Waals surface area (Å²) >= 11 is 0. The quantitative estimate of drug-likeness (QED) is 0.196. The Kier molecular flexibility index (Phi) is 26.1. The van der Waals surface area contributed by atoms with Crippen LogP contribution in [-0.4, -0.2) is 159 Å². The first-order valence-corrected chi connectivity index (χ1v) is 18.2. The molecule has 0 amide bonds. The number of hydrogen-bond acceptors (Lipinski definition) is 12. The Morgan fingerprint density at radius 1 is 0.500 bits per heavy atom. The minimum absolute atomic E-state index is 0.0833. The van der Waals surface area contributed by atoms with Crippen molar-refractivity contribution < 1.29 is 40.9 Å². The molecule has 0 bridgehead atoms. The molecule has 0 aliphatic rings. The predicted octanol–water partition coefficient (Wildman–Crippen LogP) is 0.486. The second-order valence-corrected chi connectivity index (χ2v) is 16.6. The van der Waals surface area contributed by atoms with E-state index in [2.05, 4.69) is 9.80 Å². The average molecular weight is 580 g/mol. The molecule has 0 aromatic carbocycles. The van der Waals surface area contributed by atoms with E-state index in [0.29, 0.717) is 26.4 Å². The Morgan fingerprint density at radius 2 is 0.778 bits per heavy atom. The van der Waals surface area contributed by atoms with Gasteiger partial charge < -0.3 is 55.6 Å². The van der Waals surface area contributed by atoms with Gasteiger partial charge in [0.15, 0.2) is 0 Å². The summed E-state index contributed by atoms with van der Waals surface area (Å²) in [5, 5.41) is 0. The maximum atomic E-state index is 8.49. The van der Waals surface area contributed by atoms with Crippen LogP contribution in [0.2, 0.25) is 18.1 Å². The molecule has 0 unspecified atom stereocenters. The van der Waals surface area contributed by atoms with E-state index in [4.69, 9.17) is 40.9 Å². The van der Waals surface area contributed by atoms with Crippen molar-refractivity contribution in [2.45, 2.75) is 38.9 Å². The summed E-state index contributed by atoms with van der Waals surface area (Å²) < 4.78 is 32.9. The fourth-order valence-corrected chi connectivity index (χ4v) is 7.96. The van der Waals surface area contributed by atoms with Gasteiger partial charge >= 0.3 is 26.4 Å². The molecule has 0 aliphatic carbocycles. The molecule has 15 heteroatoms. The highest BCUT2D eigenvalue weighted by molar-refractivity contribution is 6.61. The molecule has 0 aliphatic heterocycles. The summed E-state index contributed by atoms with van der Waals surface area (Å²) in [5.74, 6) is 0. The van der Waals surface area contributed by atoms with Gasteiger partial charge in [-0.2, -0.15) is 0 Å². The second-order valence-electron chi connectivity index (χ2n) is 8.71. The normalized spacial score (nSPS) is 12.5. The Morgan fingerprint density at radius 3 is 0.972 bits per heavy atom. The minimum Gasteiger partial charge on any atom is -0.390 e. The molecule has 0 aromatic heterocycles. The maximum Gasteiger partial charge on any atom is 0.502 e. The molecule has 0 spiro atoms. The highest BCUT2D eigenvalue weighted by atomic mass is 28.4. The lowest BCUT2D eigenvalue weighted by Crippen LogP contribution is -2.47. The first-order chi connectivity index (χ1) is 16.6. The van der Waals surface area contributed by atoms with Crippen molar-refractivity contribution in [2.75, 3.05) is 103 Å². The van der Waals surface area contributed by atoms with Gasteiger partial charge in [-0.3, -0.25) is 0 Å². The average Bonchev–Trinajstić information content (AvgIpc) is 2.79. The van der Waals surface area contributed by atoms with Crippen molar-refractivity contribution in [1.29, 1.82) is 0 Å². The van der Waals surface area contributed by atoms with Gasteiger partial charge in [-0.15, -0.1) is 0 Å². The zero-order valence-corrected chi connectivity index (χ0v) is 28.0. The van der Waals surface area contributed by atoms with E-state index >= 15 is 0 Å². The largest absolute Gasteiger partial charge is 0.502 e. The fraction of sp³-hybridized carbons (Fsp3) is 1.00. The van der Waals surface area contributed by atoms with Crippen LogP contribution in [-0.2, 0) is 26.6 Å². The Labute approximate surface area is 224 Å². The molecule has 3 N–H and O–H groups in total. The van der Waals surface area contributed by atoms with E-state index in [-0.39, 0.29) is 6.04 Å². The van der Waals surface area contributed by atoms with Gasteiger partial charge in [-0.25, -0.2) is 0 Å². The van der Waals surface area contributed by atoms with E-state index in [9.17, 15) is 0 Å². The topological polar surface area (TPSA) is 126 Å². The lowest BCUT2D eigenvalue weighted by atomic mass is 10.7. The van der Waals surface area contributed by atoms with Crippen molar-refractivity contribution in [2.24, 2.45) is 0 Å². The van der Waals surface area contributed by atoms with Crippen molar-refractivity contribution in [3.63, 3.8) is 0 Å². The van der Waals surface area contributed by atoms with Crippen LogP contribution < -0.4 is 0 Å². The summed E-state index contributed by atoms with van der Waals surface area (Å²) in [6.45, 7) is 10.3. The lowest BCUT2D eigenvalue weighted by molar-refractivity contribution is 0.0694.